The fraction of sp³-hybridized carbons (Fsp3) is 0.167. The summed E-state index contributed by atoms with van der Waals surface area (Å²) in [6.07, 6.45) is -4.15. The molecule has 0 unspecified atom stereocenters. The highest BCUT2D eigenvalue weighted by atomic mass is 19.4. The second-order valence-electron chi connectivity index (χ2n) is 5.52. The number of ketones is 1. The van der Waals surface area contributed by atoms with Crippen LogP contribution in [-0.4, -0.2) is 16.9 Å². The van der Waals surface area contributed by atoms with Gasteiger partial charge in [-0.05, 0) is 23.8 Å². The lowest BCUT2D eigenvalue weighted by Crippen LogP contribution is -2.23. The van der Waals surface area contributed by atoms with E-state index in [1.165, 1.54) is 30.5 Å². The van der Waals surface area contributed by atoms with Gasteiger partial charge in [0.15, 0.2) is 5.78 Å². The molecule has 6 heteroatoms. The molecule has 1 aromatic heterocycles. The van der Waals surface area contributed by atoms with Gasteiger partial charge < -0.3 is 4.98 Å². The number of aromatic amines is 1. The van der Waals surface area contributed by atoms with Gasteiger partial charge in [0.1, 0.15) is 5.82 Å². The van der Waals surface area contributed by atoms with Crippen molar-refractivity contribution >= 4 is 16.7 Å². The standard InChI is InChI=1S/C18H13F4NO/c19-12-6-7-16-13(8-12)14(10-23-16)15(18(20,21)22)9-17(24)11-4-2-1-3-5-11/h1-8,10,15,23H,9H2/t15-/m0/s1. The summed E-state index contributed by atoms with van der Waals surface area (Å²) in [5.74, 6) is -3.23. The highest BCUT2D eigenvalue weighted by molar-refractivity contribution is 5.97. The normalized spacial score (nSPS) is 13.2. The van der Waals surface area contributed by atoms with E-state index in [9.17, 15) is 22.4 Å². The molecule has 0 aliphatic heterocycles. The summed E-state index contributed by atoms with van der Waals surface area (Å²) in [6.45, 7) is 0. The quantitative estimate of drug-likeness (QED) is 0.514. The first kappa shape index (κ1) is 16.2. The molecule has 3 aromatic rings. The zero-order chi connectivity index (χ0) is 17.3. The smallest absolute Gasteiger partial charge is 0.361 e. The van der Waals surface area contributed by atoms with Gasteiger partial charge in [-0.25, -0.2) is 4.39 Å². The molecule has 0 saturated heterocycles. The lowest BCUT2D eigenvalue weighted by atomic mass is 9.90. The molecule has 124 valence electrons. The van der Waals surface area contributed by atoms with Gasteiger partial charge >= 0.3 is 6.18 Å². The number of hydrogen-bond acceptors (Lipinski definition) is 1. The molecule has 0 bridgehead atoms. The van der Waals surface area contributed by atoms with Crippen LogP contribution in [0, 0.1) is 5.82 Å². The summed E-state index contributed by atoms with van der Waals surface area (Å²) in [4.78, 5) is 14.9. The third-order valence-electron chi connectivity index (χ3n) is 3.93. The van der Waals surface area contributed by atoms with Gasteiger partial charge in [-0.15, -0.1) is 0 Å². The minimum atomic E-state index is -4.62. The van der Waals surface area contributed by atoms with E-state index in [0.29, 0.717) is 5.52 Å². The molecule has 0 fully saturated rings. The number of halogens is 4. The average molecular weight is 335 g/mol. The van der Waals surface area contributed by atoms with E-state index >= 15 is 0 Å². The molecule has 24 heavy (non-hydrogen) atoms. The molecule has 1 heterocycles. The minimum absolute atomic E-state index is 0.124. The third-order valence-corrected chi connectivity index (χ3v) is 3.93. The molecule has 0 radical (unpaired) electrons. The van der Waals surface area contributed by atoms with E-state index in [4.69, 9.17) is 0 Å². The van der Waals surface area contributed by atoms with E-state index in [-0.39, 0.29) is 16.5 Å². The van der Waals surface area contributed by atoms with Crippen LogP contribution in [0.1, 0.15) is 28.3 Å². The minimum Gasteiger partial charge on any atom is -0.361 e. The van der Waals surface area contributed by atoms with E-state index in [2.05, 4.69) is 4.98 Å². The van der Waals surface area contributed by atoms with Crippen LogP contribution in [0.4, 0.5) is 17.6 Å². The highest BCUT2D eigenvalue weighted by Gasteiger charge is 2.43. The zero-order valence-electron chi connectivity index (χ0n) is 12.4. The molecular weight excluding hydrogens is 322 g/mol. The van der Waals surface area contributed by atoms with Crippen molar-refractivity contribution in [2.45, 2.75) is 18.5 Å². The summed E-state index contributed by atoms with van der Waals surface area (Å²) in [7, 11) is 0. The Morgan fingerprint density at radius 3 is 2.46 bits per heavy atom. The summed E-state index contributed by atoms with van der Waals surface area (Å²) in [6, 6.07) is 11.4. The molecule has 0 aliphatic carbocycles. The van der Waals surface area contributed by atoms with Crippen molar-refractivity contribution in [1.82, 2.24) is 4.98 Å². The number of alkyl halides is 3. The van der Waals surface area contributed by atoms with E-state index in [1.54, 1.807) is 18.2 Å². The summed E-state index contributed by atoms with van der Waals surface area (Å²) in [5.41, 5.74) is 0.492. The van der Waals surface area contributed by atoms with Crippen LogP contribution in [-0.2, 0) is 0 Å². The fourth-order valence-corrected chi connectivity index (χ4v) is 2.73. The van der Waals surface area contributed by atoms with Crippen LogP contribution in [0.2, 0.25) is 0 Å². The van der Waals surface area contributed by atoms with Crippen LogP contribution in [0.15, 0.2) is 54.7 Å². The van der Waals surface area contributed by atoms with Crippen LogP contribution in [0.5, 0.6) is 0 Å². The number of carbonyl (C=O) groups is 1. The second-order valence-corrected chi connectivity index (χ2v) is 5.52. The van der Waals surface area contributed by atoms with Crippen molar-refractivity contribution in [1.29, 1.82) is 0 Å². The van der Waals surface area contributed by atoms with Gasteiger partial charge in [0.05, 0.1) is 5.92 Å². The monoisotopic (exact) mass is 335 g/mol. The van der Waals surface area contributed by atoms with E-state index in [1.807, 2.05) is 0 Å². The number of H-pyrrole nitrogens is 1. The van der Waals surface area contributed by atoms with Crippen molar-refractivity contribution < 1.29 is 22.4 Å². The Bertz CT molecular complexity index is 868. The lowest BCUT2D eigenvalue weighted by Gasteiger charge is -2.19. The molecule has 0 saturated carbocycles. The summed E-state index contributed by atoms with van der Waals surface area (Å²) < 4.78 is 54.0. The predicted molar refractivity (Wildman–Crippen MR) is 82.4 cm³/mol. The topological polar surface area (TPSA) is 32.9 Å². The number of carbonyl (C=O) groups excluding carboxylic acids is 1. The largest absolute Gasteiger partial charge is 0.396 e. The van der Waals surface area contributed by atoms with Crippen LogP contribution < -0.4 is 0 Å². The Morgan fingerprint density at radius 1 is 1.08 bits per heavy atom. The first-order chi connectivity index (χ1) is 11.4. The number of benzene rings is 2. The van der Waals surface area contributed by atoms with Gasteiger partial charge in [-0.2, -0.15) is 13.2 Å². The predicted octanol–water partition coefficient (Wildman–Crippen LogP) is 5.23. The van der Waals surface area contributed by atoms with Crippen molar-refractivity contribution in [2.75, 3.05) is 0 Å². The molecule has 2 nitrogen and oxygen atoms in total. The Morgan fingerprint density at radius 2 is 1.79 bits per heavy atom. The maximum Gasteiger partial charge on any atom is 0.396 e. The van der Waals surface area contributed by atoms with Crippen molar-refractivity contribution in [3.63, 3.8) is 0 Å². The number of rotatable bonds is 4. The molecule has 2 aromatic carbocycles. The van der Waals surface area contributed by atoms with Crippen LogP contribution in [0.3, 0.4) is 0 Å². The Hall–Kier alpha value is -2.63. The maximum absolute atomic E-state index is 13.5. The van der Waals surface area contributed by atoms with E-state index in [0.717, 1.165) is 6.07 Å². The van der Waals surface area contributed by atoms with Crippen molar-refractivity contribution in [3.8, 4) is 0 Å². The Labute approximate surface area is 135 Å². The molecule has 1 atom stereocenters. The van der Waals surface area contributed by atoms with Crippen LogP contribution in [0.25, 0.3) is 10.9 Å². The zero-order valence-corrected chi connectivity index (χ0v) is 12.4. The van der Waals surface area contributed by atoms with Gasteiger partial charge in [0.2, 0.25) is 0 Å². The fourth-order valence-electron chi connectivity index (χ4n) is 2.73. The first-order valence-electron chi connectivity index (χ1n) is 7.28. The summed E-state index contributed by atoms with van der Waals surface area (Å²) in [5, 5.41) is 0.137. The first-order valence-corrected chi connectivity index (χ1v) is 7.28. The van der Waals surface area contributed by atoms with Gasteiger partial charge in [0.25, 0.3) is 0 Å². The number of nitrogens with one attached hydrogen (secondary N) is 1. The maximum atomic E-state index is 13.5. The molecule has 1 N–H and O–H groups in total. The average Bonchev–Trinajstić information content (AvgIpc) is 2.94. The molecular formula is C18H13F4NO. The molecule has 0 amide bonds. The molecule has 3 rings (SSSR count). The second kappa shape index (κ2) is 6.11. The number of aromatic nitrogens is 1. The van der Waals surface area contributed by atoms with Crippen LogP contribution >= 0.6 is 0 Å². The molecule has 0 aliphatic rings. The summed E-state index contributed by atoms with van der Waals surface area (Å²) >= 11 is 0. The lowest BCUT2D eigenvalue weighted by molar-refractivity contribution is -0.149. The number of hydrogen-bond donors (Lipinski definition) is 1. The number of Topliss-reactive ketones (excluding diaryl/α,β-unsaturated/α-hetero) is 1. The number of fused-ring (bicyclic) bond motifs is 1. The van der Waals surface area contributed by atoms with Gasteiger partial charge in [-0.1, -0.05) is 30.3 Å². The Kier molecular flexibility index (Phi) is 4.13. The SMILES string of the molecule is O=C(C[C@@H](c1c[nH]c2ccc(F)cc12)C(F)(F)F)c1ccccc1. The van der Waals surface area contributed by atoms with Gasteiger partial charge in [0, 0.05) is 29.1 Å². The molecule has 0 spiro atoms. The van der Waals surface area contributed by atoms with E-state index < -0.39 is 30.1 Å². The highest BCUT2D eigenvalue weighted by Crippen LogP contribution is 2.41. The van der Waals surface area contributed by atoms with Crippen molar-refractivity contribution in [2.24, 2.45) is 0 Å². The van der Waals surface area contributed by atoms with Gasteiger partial charge in [-0.3, -0.25) is 4.79 Å². The Balaban J connectivity index is 2.01. The van der Waals surface area contributed by atoms with Crippen molar-refractivity contribution in [3.05, 3.63) is 71.7 Å². The third kappa shape index (κ3) is 3.18.